The topological polar surface area (TPSA) is 84.1 Å². The molecule has 0 spiro atoms. The van der Waals surface area contributed by atoms with Crippen LogP contribution in [0.5, 0.6) is 5.75 Å². The van der Waals surface area contributed by atoms with E-state index < -0.39 is 0 Å². The predicted molar refractivity (Wildman–Crippen MR) is 114 cm³/mol. The van der Waals surface area contributed by atoms with Crippen LogP contribution in [-0.4, -0.2) is 16.6 Å². The second kappa shape index (κ2) is 7.72. The molecule has 0 aliphatic heterocycles. The third kappa shape index (κ3) is 3.76. The Morgan fingerprint density at radius 2 is 2.17 bits per heavy atom. The highest BCUT2D eigenvalue weighted by atomic mass is 32.1. The van der Waals surface area contributed by atoms with E-state index in [4.69, 9.17) is 4.74 Å². The van der Waals surface area contributed by atoms with Crippen molar-refractivity contribution in [3.8, 4) is 11.8 Å². The van der Waals surface area contributed by atoms with Crippen LogP contribution in [0.15, 0.2) is 35.3 Å². The summed E-state index contributed by atoms with van der Waals surface area (Å²) in [6, 6.07) is 9.33. The van der Waals surface area contributed by atoms with E-state index in [1.807, 2.05) is 19.9 Å². The van der Waals surface area contributed by atoms with Gasteiger partial charge in [0.05, 0.1) is 11.7 Å². The summed E-state index contributed by atoms with van der Waals surface area (Å²) < 4.78 is 7.06. The number of nitriles is 1. The van der Waals surface area contributed by atoms with Gasteiger partial charge in [-0.05, 0) is 68.3 Å². The Morgan fingerprint density at radius 3 is 2.93 bits per heavy atom. The molecule has 2 aromatic heterocycles. The van der Waals surface area contributed by atoms with Crippen molar-refractivity contribution in [2.24, 2.45) is 0 Å². The number of nitrogens with zero attached hydrogens (tertiary/aromatic N) is 2. The molecular weight excluding hydrogens is 386 g/mol. The number of hydrogen-bond acceptors (Lipinski definition) is 5. The monoisotopic (exact) mass is 407 g/mol. The molecule has 0 fully saturated rings. The number of ether oxygens (including phenoxy) is 1. The fourth-order valence-electron chi connectivity index (χ4n) is 3.67. The summed E-state index contributed by atoms with van der Waals surface area (Å²) in [5.74, 6) is 0.389. The Bertz CT molecular complexity index is 1200. The van der Waals surface area contributed by atoms with Gasteiger partial charge in [-0.15, -0.1) is 11.3 Å². The van der Waals surface area contributed by atoms with Crippen molar-refractivity contribution in [2.75, 3.05) is 5.32 Å². The van der Waals surface area contributed by atoms with Crippen LogP contribution in [0, 0.1) is 11.3 Å². The van der Waals surface area contributed by atoms with Crippen molar-refractivity contribution in [1.82, 2.24) is 4.57 Å². The maximum Gasteiger partial charge on any atom is 0.258 e. The normalized spacial score (nSPS) is 12.8. The van der Waals surface area contributed by atoms with E-state index >= 15 is 0 Å². The first-order chi connectivity index (χ1) is 14.0. The molecule has 0 saturated heterocycles. The van der Waals surface area contributed by atoms with E-state index in [1.54, 1.807) is 24.4 Å². The quantitative estimate of drug-likeness (QED) is 0.696. The number of rotatable bonds is 5. The number of thiophene rings is 1. The first-order valence-electron chi connectivity index (χ1n) is 9.60. The molecule has 3 aromatic rings. The van der Waals surface area contributed by atoms with Crippen LogP contribution in [0.4, 0.5) is 5.00 Å². The smallest absolute Gasteiger partial charge is 0.258 e. The Morgan fingerprint density at radius 1 is 1.34 bits per heavy atom. The van der Waals surface area contributed by atoms with Crippen molar-refractivity contribution in [2.45, 2.75) is 45.8 Å². The van der Waals surface area contributed by atoms with Crippen molar-refractivity contribution in [1.29, 1.82) is 5.26 Å². The van der Waals surface area contributed by atoms with E-state index in [0.717, 1.165) is 30.2 Å². The standard InChI is InChI=1S/C22H21N3O3S/c1-13(2)28-15-6-7-16-14(10-15)8-9-25(22(16)27)12-20(26)24-21-18(11-23)17-4-3-5-19(17)29-21/h6-10,13H,3-5,12H2,1-2H3,(H,24,26). The molecule has 1 aromatic carbocycles. The molecule has 7 heteroatoms. The van der Waals surface area contributed by atoms with E-state index in [1.165, 1.54) is 20.8 Å². The van der Waals surface area contributed by atoms with E-state index in [0.29, 0.717) is 21.7 Å². The Balaban J connectivity index is 1.55. The molecule has 0 atom stereocenters. The van der Waals surface area contributed by atoms with Crippen LogP contribution in [0.1, 0.15) is 36.3 Å². The molecule has 148 valence electrons. The minimum absolute atomic E-state index is 0.0495. The molecule has 1 aliphatic carbocycles. The lowest BCUT2D eigenvalue weighted by molar-refractivity contribution is -0.116. The summed E-state index contributed by atoms with van der Waals surface area (Å²) in [4.78, 5) is 26.5. The summed E-state index contributed by atoms with van der Waals surface area (Å²) in [6.45, 7) is 3.79. The van der Waals surface area contributed by atoms with Crippen LogP contribution in [0.2, 0.25) is 0 Å². The van der Waals surface area contributed by atoms with E-state index in [2.05, 4.69) is 11.4 Å². The van der Waals surface area contributed by atoms with Gasteiger partial charge in [-0.1, -0.05) is 0 Å². The van der Waals surface area contributed by atoms with Gasteiger partial charge in [0.25, 0.3) is 5.56 Å². The second-order valence-corrected chi connectivity index (χ2v) is 8.49. The average Bonchev–Trinajstić information content (AvgIpc) is 3.24. The molecule has 29 heavy (non-hydrogen) atoms. The van der Waals surface area contributed by atoms with Crippen LogP contribution in [-0.2, 0) is 24.2 Å². The summed E-state index contributed by atoms with van der Waals surface area (Å²) in [5.41, 5.74) is 1.40. The zero-order valence-corrected chi connectivity index (χ0v) is 17.1. The molecule has 1 N–H and O–H groups in total. The zero-order chi connectivity index (χ0) is 20.5. The lowest BCUT2D eigenvalue weighted by atomic mass is 10.1. The van der Waals surface area contributed by atoms with E-state index in [9.17, 15) is 14.9 Å². The Labute approximate surface area is 172 Å². The highest BCUT2D eigenvalue weighted by Gasteiger charge is 2.23. The van der Waals surface area contributed by atoms with Gasteiger partial charge < -0.3 is 14.6 Å². The Hall–Kier alpha value is -3.11. The number of nitrogens with one attached hydrogen (secondary N) is 1. The zero-order valence-electron chi connectivity index (χ0n) is 16.3. The van der Waals surface area contributed by atoms with Gasteiger partial charge in [-0.2, -0.15) is 5.26 Å². The number of fused-ring (bicyclic) bond motifs is 2. The van der Waals surface area contributed by atoms with Crippen molar-refractivity contribution in [3.05, 3.63) is 56.8 Å². The minimum atomic E-state index is -0.317. The number of aromatic nitrogens is 1. The van der Waals surface area contributed by atoms with Gasteiger partial charge in [0.2, 0.25) is 5.91 Å². The third-order valence-electron chi connectivity index (χ3n) is 4.92. The molecular formula is C22H21N3O3S. The maximum atomic E-state index is 12.8. The van der Waals surface area contributed by atoms with Crippen molar-refractivity contribution >= 4 is 33.0 Å². The molecule has 0 saturated carbocycles. The lowest BCUT2D eigenvalue weighted by Gasteiger charge is -2.11. The molecule has 6 nitrogen and oxygen atoms in total. The highest BCUT2D eigenvalue weighted by molar-refractivity contribution is 7.16. The SMILES string of the molecule is CC(C)Oc1ccc2c(=O)n(CC(=O)Nc3sc4c(c3C#N)CCC4)ccc2c1. The van der Waals surface area contributed by atoms with E-state index in [-0.39, 0.29) is 24.1 Å². The summed E-state index contributed by atoms with van der Waals surface area (Å²) in [5, 5.41) is 14.2. The largest absolute Gasteiger partial charge is 0.491 e. The number of pyridine rings is 1. The molecule has 0 unspecified atom stereocenters. The number of aryl methyl sites for hydroxylation is 1. The number of amides is 1. The van der Waals surface area contributed by atoms with Gasteiger partial charge in [-0.3, -0.25) is 9.59 Å². The van der Waals surface area contributed by atoms with Gasteiger partial charge in [0.1, 0.15) is 23.4 Å². The summed E-state index contributed by atoms with van der Waals surface area (Å²) in [7, 11) is 0. The number of carbonyl (C=O) groups is 1. The van der Waals surface area contributed by atoms with Crippen LogP contribution in [0.25, 0.3) is 10.8 Å². The van der Waals surface area contributed by atoms with Gasteiger partial charge in [-0.25, -0.2) is 0 Å². The summed E-state index contributed by atoms with van der Waals surface area (Å²) >= 11 is 1.47. The lowest BCUT2D eigenvalue weighted by Crippen LogP contribution is -2.27. The van der Waals surface area contributed by atoms with Crippen LogP contribution >= 0.6 is 11.3 Å². The van der Waals surface area contributed by atoms with Crippen LogP contribution in [0.3, 0.4) is 0 Å². The highest BCUT2D eigenvalue weighted by Crippen LogP contribution is 2.38. The predicted octanol–water partition coefficient (Wildman–Crippen LogP) is 3.85. The minimum Gasteiger partial charge on any atom is -0.491 e. The van der Waals surface area contributed by atoms with Crippen molar-refractivity contribution in [3.63, 3.8) is 0 Å². The first-order valence-corrected chi connectivity index (χ1v) is 10.4. The fourth-order valence-corrected chi connectivity index (χ4v) is 4.92. The van der Waals surface area contributed by atoms with Crippen molar-refractivity contribution < 1.29 is 9.53 Å². The Kier molecular flexibility index (Phi) is 5.12. The molecule has 1 amide bonds. The third-order valence-corrected chi connectivity index (χ3v) is 6.13. The number of benzene rings is 1. The van der Waals surface area contributed by atoms with Crippen LogP contribution < -0.4 is 15.6 Å². The molecule has 4 rings (SSSR count). The number of anilines is 1. The average molecular weight is 407 g/mol. The van der Waals surface area contributed by atoms with Gasteiger partial charge >= 0.3 is 0 Å². The second-order valence-electron chi connectivity index (χ2n) is 7.39. The fraction of sp³-hybridized carbons (Fsp3) is 0.318. The molecule has 1 aliphatic rings. The number of hydrogen-bond donors (Lipinski definition) is 1. The molecule has 0 radical (unpaired) electrons. The number of carbonyl (C=O) groups excluding carboxylic acids is 1. The maximum absolute atomic E-state index is 12.8. The summed E-state index contributed by atoms with van der Waals surface area (Å²) in [6.07, 6.45) is 4.56. The van der Waals surface area contributed by atoms with Gasteiger partial charge in [0.15, 0.2) is 0 Å². The first kappa shape index (κ1) is 19.2. The van der Waals surface area contributed by atoms with Gasteiger partial charge in [0, 0.05) is 16.5 Å². The molecule has 0 bridgehead atoms. The molecule has 2 heterocycles.